The first-order valence-corrected chi connectivity index (χ1v) is 7.69. The van der Waals surface area contributed by atoms with Crippen LogP contribution in [-0.2, 0) is 0 Å². The van der Waals surface area contributed by atoms with E-state index >= 15 is 0 Å². The zero-order valence-electron chi connectivity index (χ0n) is 14.5. The van der Waals surface area contributed by atoms with Crippen LogP contribution in [0.5, 0.6) is 17.2 Å². The molecule has 1 unspecified atom stereocenters. The second-order valence-electron chi connectivity index (χ2n) is 6.52. The summed E-state index contributed by atoms with van der Waals surface area (Å²) in [5, 5.41) is 0. The lowest BCUT2D eigenvalue weighted by atomic mass is 9.79. The molecule has 128 valence electrons. The molecule has 1 heterocycles. The quantitative estimate of drug-likeness (QED) is 0.916. The molecule has 0 saturated carbocycles. The summed E-state index contributed by atoms with van der Waals surface area (Å²) in [6, 6.07) is 3.47. The molecule has 2 N–H and O–H groups in total. The topological polar surface area (TPSA) is 74.0 Å². The fourth-order valence-electron chi connectivity index (χ4n) is 2.93. The monoisotopic (exact) mass is 322 g/mol. The molecule has 1 fully saturated rings. The molecular weight excluding hydrogens is 296 g/mol. The molecule has 0 spiro atoms. The number of nitrogens with zero attached hydrogens (tertiary/aromatic N) is 1. The van der Waals surface area contributed by atoms with Crippen molar-refractivity contribution < 1.29 is 19.0 Å². The van der Waals surface area contributed by atoms with Crippen LogP contribution in [0, 0.1) is 5.41 Å². The molecule has 1 saturated heterocycles. The number of hydrogen-bond acceptors (Lipinski definition) is 5. The predicted octanol–water partition coefficient (Wildman–Crippen LogP) is 1.91. The second-order valence-corrected chi connectivity index (χ2v) is 6.52. The SMILES string of the molecule is COc1cc(C(=O)N2CCC(N)C(C)(C)C2)cc(OC)c1OC. The van der Waals surface area contributed by atoms with E-state index in [-0.39, 0.29) is 17.4 Å². The third kappa shape index (κ3) is 3.37. The van der Waals surface area contributed by atoms with Crippen LogP contribution in [0.15, 0.2) is 12.1 Å². The van der Waals surface area contributed by atoms with E-state index in [1.54, 1.807) is 12.1 Å². The highest BCUT2D eigenvalue weighted by Gasteiger charge is 2.36. The Bertz CT molecular complexity index is 561. The first kappa shape index (κ1) is 17.4. The van der Waals surface area contributed by atoms with Gasteiger partial charge in [0, 0.05) is 24.7 Å². The fourth-order valence-corrected chi connectivity index (χ4v) is 2.93. The maximum Gasteiger partial charge on any atom is 0.254 e. The zero-order valence-corrected chi connectivity index (χ0v) is 14.5. The van der Waals surface area contributed by atoms with E-state index in [1.165, 1.54) is 21.3 Å². The number of carbonyl (C=O) groups is 1. The van der Waals surface area contributed by atoms with Gasteiger partial charge >= 0.3 is 0 Å². The van der Waals surface area contributed by atoms with E-state index in [9.17, 15) is 4.79 Å². The maximum atomic E-state index is 12.9. The third-order valence-electron chi connectivity index (χ3n) is 4.51. The van der Waals surface area contributed by atoms with Crippen molar-refractivity contribution in [1.29, 1.82) is 0 Å². The molecule has 0 aliphatic carbocycles. The van der Waals surface area contributed by atoms with Crippen LogP contribution in [-0.4, -0.2) is 51.3 Å². The first-order chi connectivity index (χ1) is 10.8. The minimum absolute atomic E-state index is 0.0516. The maximum absolute atomic E-state index is 12.9. The van der Waals surface area contributed by atoms with Gasteiger partial charge in [0.1, 0.15) is 0 Å². The van der Waals surface area contributed by atoms with Gasteiger partial charge in [0.05, 0.1) is 21.3 Å². The van der Waals surface area contributed by atoms with Crippen LogP contribution in [0.25, 0.3) is 0 Å². The van der Waals surface area contributed by atoms with Gasteiger partial charge in [-0.05, 0) is 24.0 Å². The lowest BCUT2D eigenvalue weighted by molar-refractivity contribution is 0.0532. The van der Waals surface area contributed by atoms with E-state index in [2.05, 4.69) is 13.8 Å². The van der Waals surface area contributed by atoms with Crippen molar-refractivity contribution in [3.63, 3.8) is 0 Å². The number of ether oxygens (including phenoxy) is 3. The molecular formula is C17H26N2O4. The highest BCUT2D eigenvalue weighted by atomic mass is 16.5. The lowest BCUT2D eigenvalue weighted by Gasteiger charge is -2.42. The summed E-state index contributed by atoms with van der Waals surface area (Å²) in [5.74, 6) is 1.38. The number of carbonyl (C=O) groups excluding carboxylic acids is 1. The Labute approximate surface area is 137 Å². The molecule has 0 aromatic heterocycles. The number of piperidine rings is 1. The molecule has 23 heavy (non-hydrogen) atoms. The van der Waals surface area contributed by atoms with Gasteiger partial charge in [0.25, 0.3) is 5.91 Å². The summed E-state index contributed by atoms with van der Waals surface area (Å²) in [4.78, 5) is 14.7. The molecule has 6 nitrogen and oxygen atoms in total. The highest BCUT2D eigenvalue weighted by Crippen LogP contribution is 2.39. The summed E-state index contributed by atoms with van der Waals surface area (Å²) in [7, 11) is 4.61. The van der Waals surface area contributed by atoms with Gasteiger partial charge in [-0.1, -0.05) is 13.8 Å². The predicted molar refractivity (Wildman–Crippen MR) is 88.4 cm³/mol. The van der Waals surface area contributed by atoms with Crippen LogP contribution in [0.2, 0.25) is 0 Å². The molecule has 0 radical (unpaired) electrons. The Balaban J connectivity index is 2.33. The van der Waals surface area contributed by atoms with Crippen molar-refractivity contribution in [2.24, 2.45) is 11.1 Å². The minimum Gasteiger partial charge on any atom is -0.493 e. The largest absolute Gasteiger partial charge is 0.493 e. The molecule has 6 heteroatoms. The second kappa shape index (κ2) is 6.66. The summed E-state index contributed by atoms with van der Waals surface area (Å²) in [6.07, 6.45) is 0.795. The Kier molecular flexibility index (Phi) is 5.04. The molecule has 1 amide bonds. The summed E-state index contributed by atoms with van der Waals surface area (Å²) < 4.78 is 15.9. The van der Waals surface area contributed by atoms with Gasteiger partial charge < -0.3 is 24.8 Å². The number of hydrogen-bond donors (Lipinski definition) is 1. The van der Waals surface area contributed by atoms with Crippen LogP contribution < -0.4 is 19.9 Å². The standard InChI is InChI=1S/C17H26N2O4/c1-17(2)10-19(7-6-14(17)18)16(20)11-8-12(21-3)15(23-5)13(9-11)22-4/h8-9,14H,6-7,10,18H2,1-5H3. The van der Waals surface area contributed by atoms with Crippen molar-refractivity contribution >= 4 is 5.91 Å². The minimum atomic E-state index is -0.103. The Morgan fingerprint density at radius 1 is 1.17 bits per heavy atom. The summed E-state index contributed by atoms with van der Waals surface area (Å²) >= 11 is 0. The number of benzene rings is 1. The van der Waals surface area contributed by atoms with Crippen LogP contribution >= 0.6 is 0 Å². The van der Waals surface area contributed by atoms with Gasteiger partial charge in [-0.15, -0.1) is 0 Å². The normalized spacial score (nSPS) is 20.1. The third-order valence-corrected chi connectivity index (χ3v) is 4.51. The average Bonchev–Trinajstić information content (AvgIpc) is 2.55. The van der Waals surface area contributed by atoms with Gasteiger partial charge in [-0.25, -0.2) is 0 Å². The van der Waals surface area contributed by atoms with Crippen LogP contribution in [0.3, 0.4) is 0 Å². The first-order valence-electron chi connectivity index (χ1n) is 7.69. The average molecular weight is 322 g/mol. The summed E-state index contributed by atoms with van der Waals surface area (Å²) in [5.41, 5.74) is 6.56. The van der Waals surface area contributed by atoms with Crippen molar-refractivity contribution in [3.8, 4) is 17.2 Å². The van der Waals surface area contributed by atoms with Crippen molar-refractivity contribution in [3.05, 3.63) is 17.7 Å². The molecule has 2 rings (SSSR count). The zero-order chi connectivity index (χ0) is 17.2. The number of amides is 1. The smallest absolute Gasteiger partial charge is 0.254 e. The number of likely N-dealkylation sites (tertiary alicyclic amines) is 1. The lowest BCUT2D eigenvalue weighted by Crippen LogP contribution is -2.54. The van der Waals surface area contributed by atoms with E-state index in [1.807, 2.05) is 4.90 Å². The Morgan fingerprint density at radius 3 is 2.17 bits per heavy atom. The van der Waals surface area contributed by atoms with Gasteiger partial charge in [-0.2, -0.15) is 0 Å². The van der Waals surface area contributed by atoms with Gasteiger partial charge in [-0.3, -0.25) is 4.79 Å². The molecule has 1 atom stereocenters. The molecule has 1 aromatic carbocycles. The fraction of sp³-hybridized carbons (Fsp3) is 0.588. The van der Waals surface area contributed by atoms with Crippen molar-refractivity contribution in [2.45, 2.75) is 26.3 Å². The Morgan fingerprint density at radius 2 is 1.74 bits per heavy atom. The van der Waals surface area contributed by atoms with E-state index in [0.29, 0.717) is 35.9 Å². The van der Waals surface area contributed by atoms with Gasteiger partial charge in [0.15, 0.2) is 11.5 Å². The van der Waals surface area contributed by atoms with E-state index in [4.69, 9.17) is 19.9 Å². The molecule has 0 bridgehead atoms. The molecule has 1 aromatic rings. The van der Waals surface area contributed by atoms with Crippen LogP contribution in [0.4, 0.5) is 0 Å². The number of nitrogens with two attached hydrogens (primary N) is 1. The molecule has 1 aliphatic rings. The number of methoxy groups -OCH3 is 3. The van der Waals surface area contributed by atoms with E-state index < -0.39 is 0 Å². The highest BCUT2D eigenvalue weighted by molar-refractivity contribution is 5.95. The van der Waals surface area contributed by atoms with Crippen molar-refractivity contribution in [2.75, 3.05) is 34.4 Å². The van der Waals surface area contributed by atoms with Gasteiger partial charge in [0.2, 0.25) is 5.75 Å². The summed E-state index contributed by atoms with van der Waals surface area (Å²) in [6.45, 7) is 5.46. The number of rotatable bonds is 4. The van der Waals surface area contributed by atoms with Crippen LogP contribution in [0.1, 0.15) is 30.6 Å². The Hall–Kier alpha value is -1.95. The van der Waals surface area contributed by atoms with Crippen molar-refractivity contribution in [1.82, 2.24) is 4.90 Å². The van der Waals surface area contributed by atoms with E-state index in [0.717, 1.165) is 6.42 Å². The molecule has 1 aliphatic heterocycles.